The molecule has 1 saturated heterocycles. The molecule has 0 bridgehead atoms. The first-order chi connectivity index (χ1) is 15.5. The lowest BCUT2D eigenvalue weighted by Crippen LogP contribution is -2.30. The van der Waals surface area contributed by atoms with Gasteiger partial charge in [-0.1, -0.05) is 44.2 Å². The highest BCUT2D eigenvalue weighted by molar-refractivity contribution is 7.89. The molecule has 0 amide bonds. The minimum atomic E-state index is -3.47. The molecule has 6 nitrogen and oxygen atoms in total. The van der Waals surface area contributed by atoms with E-state index in [9.17, 15) is 8.42 Å². The Bertz CT molecular complexity index is 1190. The van der Waals surface area contributed by atoms with Crippen molar-refractivity contribution in [3.05, 3.63) is 64.8 Å². The molecule has 32 heavy (non-hydrogen) atoms. The molecule has 170 valence electrons. The van der Waals surface area contributed by atoms with Crippen LogP contribution >= 0.6 is 11.3 Å². The van der Waals surface area contributed by atoms with Gasteiger partial charge in [0.1, 0.15) is 0 Å². The molecule has 2 aromatic carbocycles. The van der Waals surface area contributed by atoms with Gasteiger partial charge in [-0.2, -0.15) is 4.31 Å². The van der Waals surface area contributed by atoms with E-state index in [0.29, 0.717) is 18.0 Å². The number of para-hydroxylation sites is 1. The first-order valence-electron chi connectivity index (χ1n) is 11.0. The normalized spacial score (nSPS) is 17.3. The van der Waals surface area contributed by atoms with Crippen molar-refractivity contribution in [2.75, 3.05) is 19.7 Å². The van der Waals surface area contributed by atoms with Gasteiger partial charge in [-0.3, -0.25) is 0 Å². The summed E-state index contributed by atoms with van der Waals surface area (Å²) < 4.78 is 35.2. The van der Waals surface area contributed by atoms with Crippen molar-refractivity contribution < 1.29 is 13.2 Å². The van der Waals surface area contributed by atoms with E-state index in [4.69, 9.17) is 9.73 Å². The van der Waals surface area contributed by atoms with E-state index in [1.807, 2.05) is 56.3 Å². The fourth-order valence-electron chi connectivity index (χ4n) is 3.94. The Labute approximate surface area is 193 Å². The van der Waals surface area contributed by atoms with E-state index in [0.717, 1.165) is 47.7 Å². The molecule has 0 unspecified atom stereocenters. The molecule has 4 rings (SSSR count). The molecule has 0 saturated carbocycles. The lowest BCUT2D eigenvalue weighted by atomic mass is 10.1. The third-order valence-corrected chi connectivity index (χ3v) is 8.61. The molecule has 1 aliphatic heterocycles. The predicted molar refractivity (Wildman–Crippen MR) is 128 cm³/mol. The second kappa shape index (κ2) is 10.1. The summed E-state index contributed by atoms with van der Waals surface area (Å²) in [5.74, 6) is 0. The van der Waals surface area contributed by atoms with Crippen molar-refractivity contribution in [3.63, 3.8) is 0 Å². The zero-order chi connectivity index (χ0) is 22.6. The van der Waals surface area contributed by atoms with Crippen molar-refractivity contribution in [1.82, 2.24) is 8.87 Å². The molecule has 8 heteroatoms. The third-order valence-electron chi connectivity index (χ3n) is 5.68. The van der Waals surface area contributed by atoms with Crippen LogP contribution < -0.4 is 4.80 Å². The highest BCUT2D eigenvalue weighted by Gasteiger charge is 2.22. The van der Waals surface area contributed by atoms with E-state index in [1.165, 1.54) is 4.31 Å². The highest BCUT2D eigenvalue weighted by atomic mass is 32.2. The van der Waals surface area contributed by atoms with Gasteiger partial charge in [0.15, 0.2) is 4.80 Å². The van der Waals surface area contributed by atoms with Crippen LogP contribution in [0.4, 0.5) is 5.69 Å². The maximum absolute atomic E-state index is 12.8. The standard InChI is InChI=1S/C24H29N3O3S2/c1-3-26(4-2)32(28,29)22-14-12-19(13-15-22)23-18-31-24(25-20-9-6-5-7-10-20)27(23)17-21-11-8-16-30-21/h5-7,9-10,12-15,18,21H,3-4,8,11,16-17H2,1-2H3/t21-/m0/s1. The number of nitrogens with zero attached hydrogens (tertiary/aromatic N) is 3. The Morgan fingerprint density at radius 2 is 1.81 bits per heavy atom. The van der Waals surface area contributed by atoms with Crippen LogP contribution in [0.2, 0.25) is 0 Å². The van der Waals surface area contributed by atoms with E-state index in [-0.39, 0.29) is 6.10 Å². The second-order valence-corrected chi connectivity index (χ2v) is 10.5. The number of benzene rings is 2. The van der Waals surface area contributed by atoms with Crippen LogP contribution in [0, 0.1) is 0 Å². The molecule has 2 heterocycles. The Balaban J connectivity index is 1.72. The Kier molecular flexibility index (Phi) is 7.25. The molecule has 0 aliphatic carbocycles. The summed E-state index contributed by atoms with van der Waals surface area (Å²) in [6.07, 6.45) is 2.28. The van der Waals surface area contributed by atoms with Gasteiger partial charge >= 0.3 is 0 Å². The van der Waals surface area contributed by atoms with Crippen molar-refractivity contribution in [2.24, 2.45) is 4.99 Å². The van der Waals surface area contributed by atoms with E-state index in [2.05, 4.69) is 9.95 Å². The van der Waals surface area contributed by atoms with Gasteiger partial charge in [-0.15, -0.1) is 11.3 Å². The lowest BCUT2D eigenvalue weighted by molar-refractivity contribution is 0.0968. The molecule has 0 radical (unpaired) electrons. The van der Waals surface area contributed by atoms with Crippen LogP contribution in [0.25, 0.3) is 11.3 Å². The zero-order valence-corrected chi connectivity index (χ0v) is 20.1. The summed E-state index contributed by atoms with van der Waals surface area (Å²) in [5, 5.41) is 2.09. The smallest absolute Gasteiger partial charge is 0.243 e. The Hall–Kier alpha value is -2.26. The van der Waals surface area contributed by atoms with Crippen LogP contribution in [0.1, 0.15) is 26.7 Å². The summed E-state index contributed by atoms with van der Waals surface area (Å²) in [4.78, 5) is 6.08. The van der Waals surface area contributed by atoms with Gasteiger partial charge in [-0.05, 0) is 42.7 Å². The number of rotatable bonds is 8. The second-order valence-electron chi connectivity index (χ2n) is 7.71. The summed E-state index contributed by atoms with van der Waals surface area (Å²) >= 11 is 1.59. The van der Waals surface area contributed by atoms with Gasteiger partial charge in [-0.25, -0.2) is 13.4 Å². The number of hydrogen-bond acceptors (Lipinski definition) is 5. The summed E-state index contributed by atoms with van der Waals surface area (Å²) in [7, 11) is -3.47. The first kappa shape index (κ1) is 22.9. The zero-order valence-electron chi connectivity index (χ0n) is 18.5. The van der Waals surface area contributed by atoms with Gasteiger partial charge in [0.05, 0.1) is 28.9 Å². The Morgan fingerprint density at radius 1 is 1.09 bits per heavy atom. The highest BCUT2D eigenvalue weighted by Crippen LogP contribution is 2.26. The molecule has 0 N–H and O–H groups in total. The molecule has 0 spiro atoms. The minimum Gasteiger partial charge on any atom is -0.376 e. The van der Waals surface area contributed by atoms with Crippen molar-refractivity contribution in [2.45, 2.75) is 44.2 Å². The van der Waals surface area contributed by atoms with Crippen LogP contribution in [0.3, 0.4) is 0 Å². The number of aromatic nitrogens is 1. The van der Waals surface area contributed by atoms with Crippen LogP contribution in [0.15, 0.2) is 69.9 Å². The monoisotopic (exact) mass is 471 g/mol. The van der Waals surface area contributed by atoms with Crippen LogP contribution in [-0.4, -0.2) is 43.1 Å². The summed E-state index contributed by atoms with van der Waals surface area (Å²) in [6.45, 7) is 6.14. The van der Waals surface area contributed by atoms with Gasteiger partial charge in [0, 0.05) is 25.1 Å². The molecule has 1 aromatic heterocycles. The van der Waals surface area contributed by atoms with Gasteiger partial charge < -0.3 is 9.30 Å². The average molecular weight is 472 g/mol. The molecule has 3 aromatic rings. The number of thiazole rings is 1. The van der Waals surface area contributed by atoms with Crippen molar-refractivity contribution in [1.29, 1.82) is 0 Å². The van der Waals surface area contributed by atoms with E-state index in [1.54, 1.807) is 23.5 Å². The van der Waals surface area contributed by atoms with Crippen molar-refractivity contribution >= 4 is 27.0 Å². The van der Waals surface area contributed by atoms with Gasteiger partial charge in [0.25, 0.3) is 0 Å². The van der Waals surface area contributed by atoms with E-state index >= 15 is 0 Å². The van der Waals surface area contributed by atoms with Crippen molar-refractivity contribution in [3.8, 4) is 11.3 Å². The number of hydrogen-bond donors (Lipinski definition) is 0. The summed E-state index contributed by atoms with van der Waals surface area (Å²) in [6, 6.07) is 17.1. The fraction of sp³-hybridized carbons (Fsp3) is 0.375. The maximum atomic E-state index is 12.8. The Morgan fingerprint density at radius 3 is 2.44 bits per heavy atom. The average Bonchev–Trinajstić information content (AvgIpc) is 3.46. The third kappa shape index (κ3) is 4.88. The van der Waals surface area contributed by atoms with Crippen LogP contribution in [-0.2, 0) is 21.3 Å². The quantitative estimate of drug-likeness (QED) is 0.480. The molecule has 1 atom stereocenters. The predicted octanol–water partition coefficient (Wildman–Crippen LogP) is 4.66. The number of ether oxygens (including phenoxy) is 1. The molecule has 1 aliphatic rings. The SMILES string of the molecule is CCN(CC)S(=O)(=O)c1ccc(-c2csc(=Nc3ccccc3)n2C[C@@H]2CCCO2)cc1. The first-order valence-corrected chi connectivity index (χ1v) is 13.3. The minimum absolute atomic E-state index is 0.167. The molecule has 1 fully saturated rings. The molecular formula is C24H29N3O3S2. The van der Waals surface area contributed by atoms with E-state index < -0.39 is 10.0 Å². The van der Waals surface area contributed by atoms with Crippen LogP contribution in [0.5, 0.6) is 0 Å². The lowest BCUT2D eigenvalue weighted by Gasteiger charge is -2.18. The largest absolute Gasteiger partial charge is 0.376 e. The summed E-state index contributed by atoms with van der Waals surface area (Å²) in [5.41, 5.74) is 2.89. The maximum Gasteiger partial charge on any atom is 0.243 e. The fourth-order valence-corrected chi connectivity index (χ4v) is 6.34. The topological polar surface area (TPSA) is 63.9 Å². The number of sulfonamides is 1. The van der Waals surface area contributed by atoms with Gasteiger partial charge in [0.2, 0.25) is 10.0 Å². The molecular weight excluding hydrogens is 442 g/mol.